The highest BCUT2D eigenvalue weighted by atomic mass is 16.7. The van der Waals surface area contributed by atoms with E-state index in [1.54, 1.807) is 6.08 Å². The van der Waals surface area contributed by atoms with Crippen LogP contribution in [0.4, 0.5) is 0 Å². The second kappa shape index (κ2) is 28.2. The molecular weight excluding hydrogens is 690 g/mol. The molecule has 53 heavy (non-hydrogen) atoms. The van der Waals surface area contributed by atoms with Gasteiger partial charge >= 0.3 is 0 Å². The molecule has 0 aromatic heterocycles. The summed E-state index contributed by atoms with van der Waals surface area (Å²) in [5.74, 6) is -0.248. The van der Waals surface area contributed by atoms with Crippen LogP contribution < -0.4 is 5.32 Å². The van der Waals surface area contributed by atoms with Crippen LogP contribution in [0, 0.1) is 0 Å². The van der Waals surface area contributed by atoms with Crippen molar-refractivity contribution in [3.63, 3.8) is 0 Å². The Morgan fingerprint density at radius 2 is 1.17 bits per heavy atom. The zero-order valence-corrected chi connectivity index (χ0v) is 32.3. The Hall–Kier alpha value is -1.27. The van der Waals surface area contributed by atoms with E-state index in [1.807, 2.05) is 6.08 Å². The third-order valence-corrected chi connectivity index (χ3v) is 10.2. The molecule has 0 bridgehead atoms. The van der Waals surface area contributed by atoms with Gasteiger partial charge < -0.3 is 65.1 Å². The van der Waals surface area contributed by atoms with Gasteiger partial charge in [0.15, 0.2) is 12.6 Å². The van der Waals surface area contributed by atoms with Crippen LogP contribution in [-0.2, 0) is 23.7 Å². The molecule has 0 spiro atoms. The van der Waals surface area contributed by atoms with Gasteiger partial charge in [0.25, 0.3) is 0 Å². The summed E-state index contributed by atoms with van der Waals surface area (Å²) in [5, 5.41) is 86.0. The lowest BCUT2D eigenvalue weighted by molar-refractivity contribution is -0.359. The molecule has 0 aromatic rings. The van der Waals surface area contributed by atoms with Crippen molar-refractivity contribution in [1.82, 2.24) is 5.32 Å². The van der Waals surface area contributed by atoms with Crippen LogP contribution in [0.1, 0.15) is 136 Å². The molecule has 4 unspecified atom stereocenters. The van der Waals surface area contributed by atoms with Gasteiger partial charge in [0, 0.05) is 6.42 Å². The quantitative estimate of drug-likeness (QED) is 0.0395. The smallest absolute Gasteiger partial charge is 0.220 e. The molecule has 0 radical (unpaired) electrons. The highest BCUT2D eigenvalue weighted by Crippen LogP contribution is 2.29. The van der Waals surface area contributed by atoms with E-state index >= 15 is 0 Å². The monoisotopic (exact) mass is 764 g/mol. The van der Waals surface area contributed by atoms with Crippen LogP contribution >= 0.6 is 0 Å². The predicted octanol–water partition coefficient (Wildman–Crippen LogP) is 2.48. The summed E-state index contributed by atoms with van der Waals surface area (Å²) < 4.78 is 22.5. The van der Waals surface area contributed by atoms with E-state index < -0.39 is 86.8 Å². The summed E-state index contributed by atoms with van der Waals surface area (Å²) >= 11 is 0. The third-order valence-electron chi connectivity index (χ3n) is 10.2. The minimum atomic E-state index is -1.78. The van der Waals surface area contributed by atoms with Gasteiger partial charge in [-0.25, -0.2) is 0 Å². The van der Waals surface area contributed by atoms with Crippen molar-refractivity contribution in [2.45, 2.75) is 209 Å². The average Bonchev–Trinajstić information content (AvgIpc) is 3.15. The maximum atomic E-state index is 13.0. The van der Waals surface area contributed by atoms with E-state index in [0.29, 0.717) is 6.42 Å². The molecule has 14 nitrogen and oxygen atoms in total. The first-order valence-corrected chi connectivity index (χ1v) is 20.4. The van der Waals surface area contributed by atoms with E-state index in [-0.39, 0.29) is 18.9 Å². The lowest BCUT2D eigenvalue weighted by atomic mass is 9.97. The van der Waals surface area contributed by atoms with Crippen LogP contribution in [0.5, 0.6) is 0 Å². The highest BCUT2D eigenvalue weighted by Gasteiger charge is 2.50. The zero-order chi connectivity index (χ0) is 39.0. The molecule has 2 saturated heterocycles. The topological polar surface area (TPSA) is 228 Å². The lowest BCUT2D eigenvalue weighted by Gasteiger charge is -2.46. The molecule has 312 valence electrons. The minimum Gasteiger partial charge on any atom is -0.394 e. The number of hydrogen-bond donors (Lipinski definition) is 9. The van der Waals surface area contributed by atoms with Crippen molar-refractivity contribution in [3.05, 3.63) is 12.2 Å². The van der Waals surface area contributed by atoms with Gasteiger partial charge in [0.2, 0.25) is 5.91 Å². The van der Waals surface area contributed by atoms with E-state index in [2.05, 4.69) is 19.2 Å². The Balaban J connectivity index is 1.96. The van der Waals surface area contributed by atoms with Crippen LogP contribution in [0.3, 0.4) is 0 Å². The molecule has 1 amide bonds. The van der Waals surface area contributed by atoms with Gasteiger partial charge in [-0.1, -0.05) is 122 Å². The highest BCUT2D eigenvalue weighted by molar-refractivity contribution is 5.76. The number of nitrogens with one attached hydrogen (secondary N) is 1. The zero-order valence-electron chi connectivity index (χ0n) is 32.3. The Morgan fingerprint density at radius 3 is 1.74 bits per heavy atom. The van der Waals surface area contributed by atoms with Crippen molar-refractivity contribution in [2.24, 2.45) is 0 Å². The van der Waals surface area contributed by atoms with Gasteiger partial charge in [-0.3, -0.25) is 4.79 Å². The Kier molecular flexibility index (Phi) is 25.5. The summed E-state index contributed by atoms with van der Waals surface area (Å²) in [7, 11) is 0. The summed E-state index contributed by atoms with van der Waals surface area (Å²) in [5.41, 5.74) is 0. The SMILES string of the molecule is CCCCCCCCCCC/C=C/[C@@H](O)[C@H](CO[C@@H]1O[C@H](CO)[C@@H](O[C@@H]2O[C@H](CO)[C@H](O)C(O)C2O)C(O)C1O)NC(=O)CCCCCCCCCC. The fourth-order valence-electron chi connectivity index (χ4n) is 6.76. The Morgan fingerprint density at radius 1 is 0.660 bits per heavy atom. The molecule has 2 aliphatic heterocycles. The summed E-state index contributed by atoms with van der Waals surface area (Å²) in [6.45, 7) is 2.69. The fraction of sp³-hybridized carbons (Fsp3) is 0.923. The Labute approximate surface area is 316 Å². The van der Waals surface area contributed by atoms with E-state index in [0.717, 1.165) is 38.5 Å². The summed E-state index contributed by atoms with van der Waals surface area (Å²) in [6.07, 6.45) is 7.17. The van der Waals surface area contributed by atoms with Crippen LogP contribution in [0.2, 0.25) is 0 Å². The Bertz CT molecular complexity index is 956. The molecule has 2 heterocycles. The lowest BCUT2D eigenvalue weighted by Crippen LogP contribution is -2.65. The van der Waals surface area contributed by atoms with Crippen LogP contribution in [0.25, 0.3) is 0 Å². The van der Waals surface area contributed by atoms with Gasteiger partial charge in [-0.05, 0) is 19.3 Å². The van der Waals surface area contributed by atoms with Crippen molar-refractivity contribution in [3.8, 4) is 0 Å². The number of carbonyl (C=O) groups is 1. The van der Waals surface area contributed by atoms with Gasteiger partial charge in [0.05, 0.1) is 32.0 Å². The number of aliphatic hydroxyl groups excluding tert-OH is 8. The first kappa shape index (κ1) is 47.9. The minimum absolute atomic E-state index is 0.248. The van der Waals surface area contributed by atoms with E-state index in [4.69, 9.17) is 18.9 Å². The van der Waals surface area contributed by atoms with Gasteiger partial charge in [-0.15, -0.1) is 0 Å². The van der Waals surface area contributed by atoms with Crippen LogP contribution in [0.15, 0.2) is 12.2 Å². The molecular formula is C39H73NO13. The largest absolute Gasteiger partial charge is 0.394 e. The van der Waals surface area contributed by atoms with Gasteiger partial charge in [0.1, 0.15) is 48.8 Å². The number of allylic oxidation sites excluding steroid dienone is 1. The standard InChI is InChI=1S/C39H73NO13/c1-3-5-7-9-11-13-14-15-16-18-20-22-28(43)27(40-31(44)23-21-19-17-12-10-8-6-4-2)26-50-38-36(49)34(47)37(30(25-42)52-38)53-39-35(48)33(46)32(45)29(24-41)51-39/h20,22,27-30,32-39,41-43,45-49H,3-19,21,23-26H2,1-2H3,(H,40,44)/b22-20+/t27-,28+,29+,30+,32-,33?,34?,35?,36?,37+,38+,39-/m0/s1. The number of unbranched alkanes of at least 4 members (excludes halogenated alkanes) is 16. The number of carbonyl (C=O) groups excluding carboxylic acids is 1. The molecule has 2 rings (SSSR count). The van der Waals surface area contributed by atoms with E-state index in [9.17, 15) is 45.6 Å². The molecule has 9 N–H and O–H groups in total. The number of aliphatic hydroxyl groups is 8. The molecule has 0 aromatic carbocycles. The fourth-order valence-corrected chi connectivity index (χ4v) is 6.76. The number of ether oxygens (including phenoxy) is 4. The summed E-state index contributed by atoms with van der Waals surface area (Å²) in [6, 6.07) is -0.903. The van der Waals surface area contributed by atoms with Crippen molar-refractivity contribution in [1.29, 1.82) is 0 Å². The molecule has 0 aliphatic carbocycles. The first-order chi connectivity index (χ1) is 25.6. The summed E-state index contributed by atoms with van der Waals surface area (Å²) in [4.78, 5) is 13.0. The maximum absolute atomic E-state index is 13.0. The molecule has 2 aliphatic rings. The van der Waals surface area contributed by atoms with Crippen molar-refractivity contribution >= 4 is 5.91 Å². The second-order valence-corrected chi connectivity index (χ2v) is 14.8. The average molecular weight is 764 g/mol. The van der Waals surface area contributed by atoms with Crippen molar-refractivity contribution < 1.29 is 64.6 Å². The number of amides is 1. The first-order valence-electron chi connectivity index (χ1n) is 20.4. The number of hydrogen-bond acceptors (Lipinski definition) is 13. The number of rotatable bonds is 29. The second-order valence-electron chi connectivity index (χ2n) is 14.8. The molecule has 0 saturated carbocycles. The van der Waals surface area contributed by atoms with Crippen LogP contribution in [-0.4, -0.2) is 140 Å². The normalized spacial score (nSPS) is 30.5. The molecule has 14 heteroatoms. The van der Waals surface area contributed by atoms with Crippen molar-refractivity contribution in [2.75, 3.05) is 19.8 Å². The van der Waals surface area contributed by atoms with Gasteiger partial charge in [-0.2, -0.15) is 0 Å². The van der Waals surface area contributed by atoms with E-state index in [1.165, 1.54) is 70.6 Å². The maximum Gasteiger partial charge on any atom is 0.220 e. The molecule has 2 fully saturated rings. The molecule has 12 atom stereocenters. The third kappa shape index (κ3) is 17.6. The predicted molar refractivity (Wildman–Crippen MR) is 199 cm³/mol.